The Bertz CT molecular complexity index is 1110. The predicted molar refractivity (Wildman–Crippen MR) is 121 cm³/mol. The number of piperazine rings is 1. The molecule has 0 bridgehead atoms. The van der Waals surface area contributed by atoms with Gasteiger partial charge in [-0.15, -0.1) is 0 Å². The highest BCUT2D eigenvalue weighted by Gasteiger charge is 2.47. The van der Waals surface area contributed by atoms with Crippen LogP contribution in [0.4, 0.5) is 5.69 Å². The zero-order valence-electron chi connectivity index (χ0n) is 18.2. The van der Waals surface area contributed by atoms with Crippen LogP contribution in [0.5, 0.6) is 0 Å². The van der Waals surface area contributed by atoms with Gasteiger partial charge in [0.2, 0.25) is 0 Å². The Morgan fingerprint density at radius 3 is 2.65 bits per heavy atom. The maximum absolute atomic E-state index is 13.7. The number of nitrogens with zero attached hydrogens (tertiary/aromatic N) is 3. The number of nitrogens with one attached hydrogen (secondary N) is 1. The summed E-state index contributed by atoms with van der Waals surface area (Å²) in [5.41, 5.74) is 5.38. The van der Waals surface area contributed by atoms with Crippen LogP contribution in [0.1, 0.15) is 42.6 Å². The first-order valence-electron chi connectivity index (χ1n) is 11.5. The highest BCUT2D eigenvalue weighted by Crippen LogP contribution is 2.48. The van der Waals surface area contributed by atoms with Crippen LogP contribution < -0.4 is 10.2 Å². The van der Waals surface area contributed by atoms with Crippen LogP contribution in [0.3, 0.4) is 0 Å². The van der Waals surface area contributed by atoms with Crippen molar-refractivity contribution in [3.8, 4) is 6.07 Å². The smallest absolute Gasteiger partial charge is 0.191 e. The molecule has 2 aliphatic heterocycles. The van der Waals surface area contributed by atoms with Gasteiger partial charge in [-0.2, -0.15) is 5.26 Å². The van der Waals surface area contributed by atoms with E-state index in [0.717, 1.165) is 60.3 Å². The number of Topliss-reactive ketones (excluding diaryl/α,β-unsaturated/α-hetero) is 1. The van der Waals surface area contributed by atoms with E-state index in [1.165, 1.54) is 12.8 Å². The number of carbonyl (C=O) groups is 1. The Morgan fingerprint density at radius 2 is 1.94 bits per heavy atom. The lowest BCUT2D eigenvalue weighted by atomic mass is 9.70. The predicted octanol–water partition coefficient (Wildman–Crippen LogP) is 3.31. The number of rotatable bonds is 2. The molecule has 1 saturated carbocycles. The van der Waals surface area contributed by atoms with Crippen LogP contribution in [0, 0.1) is 17.2 Å². The standard InChI is InChI=1S/C26H28N4O/c1-26(2)21-8-6-18(30-11-9-29(10-12-30)17-4-5-17)14-20(21)24(31)23-19-7-3-16(15-27)13-22(19)28-25(23)26/h3,6-8,13-14,17,19,22,28H,4-5,9-12H2,1-2H3. The van der Waals surface area contributed by atoms with Crippen molar-refractivity contribution < 1.29 is 4.79 Å². The fraction of sp³-hybridized carbons (Fsp3) is 0.462. The Morgan fingerprint density at radius 1 is 1.16 bits per heavy atom. The molecule has 5 heteroatoms. The monoisotopic (exact) mass is 412 g/mol. The van der Waals surface area contributed by atoms with E-state index in [1.54, 1.807) is 0 Å². The maximum atomic E-state index is 13.7. The lowest BCUT2D eigenvalue weighted by Crippen LogP contribution is -2.47. The molecule has 31 heavy (non-hydrogen) atoms. The summed E-state index contributed by atoms with van der Waals surface area (Å²) in [6.45, 7) is 8.68. The van der Waals surface area contributed by atoms with Crippen molar-refractivity contribution >= 4 is 11.5 Å². The molecule has 1 aromatic carbocycles. The zero-order valence-corrected chi connectivity index (χ0v) is 18.2. The van der Waals surface area contributed by atoms with Gasteiger partial charge in [0.15, 0.2) is 5.78 Å². The average Bonchev–Trinajstić information content (AvgIpc) is 3.57. The number of nitriles is 1. The molecule has 5 nitrogen and oxygen atoms in total. The molecule has 5 aliphatic rings. The van der Waals surface area contributed by atoms with Gasteiger partial charge in [0, 0.05) is 71.6 Å². The lowest BCUT2D eigenvalue weighted by molar-refractivity contribution is 0.102. The van der Waals surface area contributed by atoms with Crippen LogP contribution in [0.15, 0.2) is 53.3 Å². The van der Waals surface area contributed by atoms with Gasteiger partial charge >= 0.3 is 0 Å². The number of ketones is 1. The van der Waals surface area contributed by atoms with E-state index in [9.17, 15) is 10.1 Å². The number of hydrogen-bond acceptors (Lipinski definition) is 5. The second kappa shape index (κ2) is 6.58. The topological polar surface area (TPSA) is 59.4 Å². The van der Waals surface area contributed by atoms with Gasteiger partial charge < -0.3 is 10.2 Å². The molecule has 2 atom stereocenters. The molecule has 1 N–H and O–H groups in total. The molecule has 1 saturated heterocycles. The third kappa shape index (κ3) is 2.81. The molecule has 3 aliphatic carbocycles. The second-order valence-electron chi connectivity index (χ2n) is 10.0. The molecule has 2 unspecified atom stereocenters. The van der Waals surface area contributed by atoms with E-state index in [2.05, 4.69) is 53.2 Å². The summed E-state index contributed by atoms with van der Waals surface area (Å²) in [5, 5.41) is 12.9. The van der Waals surface area contributed by atoms with Gasteiger partial charge in [0.05, 0.1) is 12.1 Å². The number of anilines is 1. The van der Waals surface area contributed by atoms with Gasteiger partial charge in [0.25, 0.3) is 0 Å². The number of benzene rings is 1. The molecule has 0 radical (unpaired) electrons. The third-order valence-corrected chi connectivity index (χ3v) is 7.81. The molecule has 0 aromatic heterocycles. The van der Waals surface area contributed by atoms with Crippen LogP contribution >= 0.6 is 0 Å². The van der Waals surface area contributed by atoms with E-state index in [-0.39, 0.29) is 23.2 Å². The Balaban J connectivity index is 1.33. The minimum atomic E-state index is -0.270. The summed E-state index contributed by atoms with van der Waals surface area (Å²) in [6, 6.07) is 9.52. The molecular formula is C26H28N4O. The number of allylic oxidation sites excluding steroid dienone is 3. The van der Waals surface area contributed by atoms with Crippen molar-refractivity contribution in [1.82, 2.24) is 10.2 Å². The fourth-order valence-electron chi connectivity index (χ4n) is 5.88. The fourth-order valence-corrected chi connectivity index (χ4v) is 5.88. The molecule has 0 spiro atoms. The molecule has 0 amide bonds. The first kappa shape index (κ1) is 18.9. The van der Waals surface area contributed by atoms with E-state index in [4.69, 9.17) is 0 Å². The van der Waals surface area contributed by atoms with Crippen LogP contribution in [0.2, 0.25) is 0 Å². The Kier molecular flexibility index (Phi) is 4.01. The quantitative estimate of drug-likeness (QED) is 0.808. The van der Waals surface area contributed by atoms with Gasteiger partial charge in [-0.25, -0.2) is 0 Å². The number of carbonyl (C=O) groups excluding carboxylic acids is 1. The molecule has 158 valence electrons. The SMILES string of the molecule is CC1(C)C2=C(C(=O)c3cc(N4CCN(C5CC5)CC4)ccc31)C1C=CC(C#N)=CC1N2. The summed E-state index contributed by atoms with van der Waals surface area (Å²) < 4.78 is 0. The van der Waals surface area contributed by atoms with Crippen molar-refractivity contribution in [2.45, 2.75) is 44.2 Å². The Hall–Kier alpha value is -2.84. The van der Waals surface area contributed by atoms with Gasteiger partial charge in [-0.3, -0.25) is 9.69 Å². The summed E-state index contributed by atoms with van der Waals surface area (Å²) >= 11 is 0. The van der Waals surface area contributed by atoms with Crippen molar-refractivity contribution in [2.24, 2.45) is 5.92 Å². The Labute approximate surface area is 183 Å². The largest absolute Gasteiger partial charge is 0.380 e. The first-order valence-corrected chi connectivity index (χ1v) is 11.5. The third-order valence-electron chi connectivity index (χ3n) is 7.81. The lowest BCUT2D eigenvalue weighted by Gasteiger charge is -2.38. The summed E-state index contributed by atoms with van der Waals surface area (Å²) in [4.78, 5) is 18.8. The second-order valence-corrected chi connectivity index (χ2v) is 10.0. The van der Waals surface area contributed by atoms with Crippen LogP contribution in [-0.4, -0.2) is 48.9 Å². The zero-order chi connectivity index (χ0) is 21.3. The normalized spacial score (nSPS) is 29.0. The van der Waals surface area contributed by atoms with Crippen molar-refractivity contribution in [3.05, 3.63) is 64.4 Å². The summed E-state index contributed by atoms with van der Waals surface area (Å²) in [6.07, 6.45) is 8.55. The molecule has 2 heterocycles. The molecule has 1 aromatic rings. The van der Waals surface area contributed by atoms with Gasteiger partial charge in [-0.05, 0) is 42.7 Å². The summed E-state index contributed by atoms with van der Waals surface area (Å²) in [7, 11) is 0. The minimum Gasteiger partial charge on any atom is -0.380 e. The van der Waals surface area contributed by atoms with E-state index >= 15 is 0 Å². The van der Waals surface area contributed by atoms with Crippen LogP contribution in [0.25, 0.3) is 0 Å². The first-order chi connectivity index (χ1) is 15.0. The molecular weight excluding hydrogens is 384 g/mol. The molecule has 6 rings (SSSR count). The summed E-state index contributed by atoms with van der Waals surface area (Å²) in [5.74, 6) is 0.138. The van der Waals surface area contributed by atoms with E-state index in [1.807, 2.05) is 18.2 Å². The highest BCUT2D eigenvalue weighted by molar-refractivity contribution is 6.13. The molecule has 2 fully saturated rings. The van der Waals surface area contributed by atoms with Crippen LogP contribution in [-0.2, 0) is 5.41 Å². The van der Waals surface area contributed by atoms with Gasteiger partial charge in [0.1, 0.15) is 0 Å². The van der Waals surface area contributed by atoms with Crippen molar-refractivity contribution in [1.29, 1.82) is 5.26 Å². The van der Waals surface area contributed by atoms with E-state index in [0.29, 0.717) is 5.57 Å². The maximum Gasteiger partial charge on any atom is 0.191 e. The average molecular weight is 413 g/mol. The van der Waals surface area contributed by atoms with Crippen molar-refractivity contribution in [2.75, 3.05) is 31.1 Å². The van der Waals surface area contributed by atoms with Gasteiger partial charge in [-0.1, -0.05) is 26.0 Å². The number of hydrogen-bond donors (Lipinski definition) is 1. The van der Waals surface area contributed by atoms with Crippen molar-refractivity contribution in [3.63, 3.8) is 0 Å². The highest BCUT2D eigenvalue weighted by atomic mass is 16.1. The van der Waals surface area contributed by atoms with E-state index < -0.39 is 0 Å². The number of fused-ring (bicyclic) bond motifs is 3. The minimum absolute atomic E-state index is 0.00207.